The number of hydrogen-bond acceptors (Lipinski definition) is 3. The molecule has 0 radical (unpaired) electrons. The Hall–Kier alpha value is -0.580. The zero-order chi connectivity index (χ0) is 14.9. The van der Waals surface area contributed by atoms with Gasteiger partial charge in [0, 0.05) is 20.3 Å². The number of aromatic nitrogens is 2. The normalized spacial score (nSPS) is 11.7. The molecule has 2 rings (SSSR count). The number of benzene rings is 1. The summed E-state index contributed by atoms with van der Waals surface area (Å²) in [5, 5.41) is 1.43. The third kappa shape index (κ3) is 3.54. The third-order valence-corrected chi connectivity index (χ3v) is 5.24. The molecule has 5 heteroatoms. The van der Waals surface area contributed by atoms with Gasteiger partial charge in [0.25, 0.3) is 0 Å². The molecular weight excluding hydrogens is 356 g/mol. The van der Waals surface area contributed by atoms with E-state index in [0.29, 0.717) is 5.15 Å². The number of nitrogens with zero attached hydrogens (tertiary/aromatic N) is 2. The Morgan fingerprint density at radius 2 is 1.80 bits per heavy atom. The van der Waals surface area contributed by atoms with E-state index in [9.17, 15) is 0 Å². The summed E-state index contributed by atoms with van der Waals surface area (Å²) in [5.74, 6) is 0.766. The minimum absolute atomic E-state index is 0.124. The van der Waals surface area contributed by atoms with Crippen LogP contribution in [0.4, 0.5) is 0 Å². The zero-order valence-electron chi connectivity index (χ0n) is 11.9. The molecule has 0 amide bonds. The van der Waals surface area contributed by atoms with Gasteiger partial charge in [-0.15, -0.1) is 0 Å². The lowest BCUT2D eigenvalue weighted by Crippen LogP contribution is -2.17. The fourth-order valence-electron chi connectivity index (χ4n) is 1.54. The monoisotopic (exact) mass is 370 g/mol. The Balaban J connectivity index is 2.46. The van der Waals surface area contributed by atoms with Crippen LogP contribution in [0, 0.1) is 6.92 Å². The van der Waals surface area contributed by atoms with Crippen LogP contribution in [0.25, 0.3) is 0 Å². The lowest BCUT2D eigenvalue weighted by molar-refractivity contribution is 0.537. The average molecular weight is 372 g/mol. The van der Waals surface area contributed by atoms with Gasteiger partial charge in [0.1, 0.15) is 16.0 Å². The van der Waals surface area contributed by atoms with Crippen LogP contribution in [0.2, 0.25) is 5.15 Å². The Morgan fingerprint density at radius 3 is 2.40 bits per heavy atom. The molecule has 0 aliphatic carbocycles. The fourth-order valence-corrected chi connectivity index (χ4v) is 3.19. The van der Waals surface area contributed by atoms with Crippen molar-refractivity contribution in [3.05, 3.63) is 45.3 Å². The second-order valence-corrected chi connectivity index (χ2v) is 7.79. The summed E-state index contributed by atoms with van der Waals surface area (Å²) in [6.07, 6.45) is 0. The number of hydrogen-bond donors (Lipinski definition) is 0. The standard InChI is InChI=1S/C15H16BrClN2S/c1-9-12(17)18-14(15(2,3)4)19-13(9)20-11-8-6-5-7-10(11)16/h5-8H,1-4H3. The maximum atomic E-state index is 6.25. The van der Waals surface area contributed by atoms with Crippen LogP contribution in [0.5, 0.6) is 0 Å². The maximum absolute atomic E-state index is 6.25. The topological polar surface area (TPSA) is 25.8 Å². The van der Waals surface area contributed by atoms with Crippen LogP contribution in [0.3, 0.4) is 0 Å². The lowest BCUT2D eigenvalue weighted by Gasteiger charge is -2.18. The largest absolute Gasteiger partial charge is 0.225 e. The molecule has 0 saturated carbocycles. The van der Waals surface area contributed by atoms with E-state index >= 15 is 0 Å². The molecular formula is C15H16BrClN2S. The summed E-state index contributed by atoms with van der Waals surface area (Å²) in [4.78, 5) is 10.2. The predicted octanol–water partition coefficient (Wildman–Crippen LogP) is 5.65. The molecule has 2 aromatic rings. The minimum atomic E-state index is -0.124. The van der Waals surface area contributed by atoms with Gasteiger partial charge in [-0.2, -0.15) is 0 Å². The van der Waals surface area contributed by atoms with Crippen molar-refractivity contribution in [2.45, 2.75) is 43.0 Å². The van der Waals surface area contributed by atoms with Crippen molar-refractivity contribution >= 4 is 39.3 Å². The molecule has 0 fully saturated rings. The predicted molar refractivity (Wildman–Crippen MR) is 88.7 cm³/mol. The Morgan fingerprint density at radius 1 is 1.15 bits per heavy atom. The van der Waals surface area contributed by atoms with Crippen LogP contribution >= 0.6 is 39.3 Å². The molecule has 0 aliphatic heterocycles. The summed E-state index contributed by atoms with van der Waals surface area (Å²) >= 11 is 11.4. The third-order valence-electron chi connectivity index (χ3n) is 2.76. The van der Waals surface area contributed by atoms with Gasteiger partial charge in [-0.1, -0.05) is 56.3 Å². The molecule has 0 bridgehead atoms. The summed E-state index contributed by atoms with van der Waals surface area (Å²) in [5.41, 5.74) is 0.793. The van der Waals surface area contributed by atoms with Gasteiger partial charge in [0.15, 0.2) is 0 Å². The average Bonchev–Trinajstić information content (AvgIpc) is 2.36. The van der Waals surface area contributed by atoms with E-state index in [0.717, 1.165) is 25.8 Å². The van der Waals surface area contributed by atoms with Crippen LogP contribution in [0.1, 0.15) is 32.2 Å². The van der Waals surface area contributed by atoms with E-state index in [1.807, 2.05) is 25.1 Å². The molecule has 0 saturated heterocycles. The van der Waals surface area contributed by atoms with Crippen LogP contribution in [0.15, 0.2) is 38.7 Å². The minimum Gasteiger partial charge on any atom is -0.225 e. The van der Waals surface area contributed by atoms with Crippen molar-refractivity contribution in [2.75, 3.05) is 0 Å². The van der Waals surface area contributed by atoms with Crippen molar-refractivity contribution in [3.63, 3.8) is 0 Å². The number of rotatable bonds is 2. The van der Waals surface area contributed by atoms with Gasteiger partial charge in [0.2, 0.25) is 0 Å². The molecule has 0 aliphatic rings. The van der Waals surface area contributed by atoms with Crippen molar-refractivity contribution < 1.29 is 0 Å². The SMILES string of the molecule is Cc1c(Cl)nc(C(C)(C)C)nc1Sc1ccccc1Br. The highest BCUT2D eigenvalue weighted by Crippen LogP contribution is 2.36. The summed E-state index contributed by atoms with van der Waals surface area (Å²) in [6.45, 7) is 8.20. The molecule has 1 aromatic heterocycles. The summed E-state index contributed by atoms with van der Waals surface area (Å²) in [7, 11) is 0. The smallest absolute Gasteiger partial charge is 0.136 e. The van der Waals surface area contributed by atoms with Crippen molar-refractivity contribution in [2.24, 2.45) is 0 Å². The maximum Gasteiger partial charge on any atom is 0.136 e. The van der Waals surface area contributed by atoms with Crippen LogP contribution in [-0.2, 0) is 5.41 Å². The highest BCUT2D eigenvalue weighted by Gasteiger charge is 2.21. The first-order chi connectivity index (χ1) is 9.29. The van der Waals surface area contributed by atoms with Gasteiger partial charge in [0.05, 0.1) is 0 Å². The van der Waals surface area contributed by atoms with Crippen molar-refractivity contribution in [1.29, 1.82) is 0 Å². The van der Waals surface area contributed by atoms with E-state index in [-0.39, 0.29) is 5.41 Å². The molecule has 2 nitrogen and oxygen atoms in total. The first-order valence-corrected chi connectivity index (χ1v) is 8.25. The van der Waals surface area contributed by atoms with Crippen molar-refractivity contribution in [1.82, 2.24) is 9.97 Å². The van der Waals surface area contributed by atoms with Gasteiger partial charge in [-0.25, -0.2) is 9.97 Å². The van der Waals surface area contributed by atoms with E-state index in [4.69, 9.17) is 11.6 Å². The van der Waals surface area contributed by atoms with E-state index in [1.54, 1.807) is 11.8 Å². The Kier molecular flexibility index (Phi) is 4.77. The Bertz CT molecular complexity index is 638. The summed E-state index contributed by atoms with van der Waals surface area (Å²) < 4.78 is 1.05. The van der Waals surface area contributed by atoms with Crippen LogP contribution in [-0.4, -0.2) is 9.97 Å². The molecule has 106 valence electrons. The molecule has 0 spiro atoms. The van der Waals surface area contributed by atoms with E-state index in [1.165, 1.54) is 0 Å². The Labute approximate surface area is 137 Å². The van der Waals surface area contributed by atoms with E-state index in [2.05, 4.69) is 52.7 Å². The highest BCUT2D eigenvalue weighted by molar-refractivity contribution is 9.10. The van der Waals surface area contributed by atoms with Crippen LogP contribution < -0.4 is 0 Å². The van der Waals surface area contributed by atoms with E-state index < -0.39 is 0 Å². The van der Waals surface area contributed by atoms with Crippen molar-refractivity contribution in [3.8, 4) is 0 Å². The second-order valence-electron chi connectivity index (χ2n) is 5.55. The first kappa shape index (κ1) is 15.8. The molecule has 0 unspecified atom stereocenters. The molecule has 0 N–H and O–H groups in total. The van der Waals surface area contributed by atoms with Gasteiger partial charge < -0.3 is 0 Å². The fraction of sp³-hybridized carbons (Fsp3) is 0.333. The highest BCUT2D eigenvalue weighted by atomic mass is 79.9. The van der Waals surface area contributed by atoms with Gasteiger partial charge in [-0.3, -0.25) is 0 Å². The lowest BCUT2D eigenvalue weighted by atomic mass is 9.96. The van der Waals surface area contributed by atoms with Gasteiger partial charge in [-0.05, 0) is 35.0 Å². The van der Waals surface area contributed by atoms with Gasteiger partial charge >= 0.3 is 0 Å². The summed E-state index contributed by atoms with van der Waals surface area (Å²) in [6, 6.07) is 8.08. The first-order valence-electron chi connectivity index (χ1n) is 6.26. The molecule has 0 atom stereocenters. The number of halogens is 2. The molecule has 1 aromatic carbocycles. The molecule has 20 heavy (non-hydrogen) atoms. The quantitative estimate of drug-likeness (QED) is 0.638. The second kappa shape index (κ2) is 6.04. The molecule has 1 heterocycles. The zero-order valence-corrected chi connectivity index (χ0v) is 15.0.